The molecule has 0 saturated carbocycles. The Hall–Kier alpha value is -2.37. The van der Waals surface area contributed by atoms with Gasteiger partial charge in [0.05, 0.1) is 0 Å². The van der Waals surface area contributed by atoms with Gasteiger partial charge in [0.15, 0.2) is 0 Å². The van der Waals surface area contributed by atoms with Crippen LogP contribution in [0.1, 0.15) is 23.2 Å². The van der Waals surface area contributed by atoms with Gasteiger partial charge >= 0.3 is 0 Å². The largest absolute Gasteiger partial charge is 0.508 e. The molecule has 1 unspecified atom stereocenters. The van der Waals surface area contributed by atoms with Gasteiger partial charge in [0.2, 0.25) is 11.7 Å². The number of hydrogen-bond donors (Lipinski definition) is 3. The van der Waals surface area contributed by atoms with Gasteiger partial charge in [-0.3, -0.25) is 14.4 Å². The van der Waals surface area contributed by atoms with Crippen molar-refractivity contribution in [2.45, 2.75) is 18.9 Å². The molecule has 0 aliphatic carbocycles. The van der Waals surface area contributed by atoms with E-state index in [9.17, 15) is 14.4 Å². The lowest BCUT2D eigenvalue weighted by Crippen LogP contribution is -2.51. The van der Waals surface area contributed by atoms with E-state index in [2.05, 4.69) is 10.6 Å². The molecule has 1 atom stereocenters. The minimum absolute atomic E-state index is 0.0172. The predicted molar refractivity (Wildman–Crippen MR) is 66.6 cm³/mol. The number of carbonyl (C=O) groups excluding carboxylic acids is 3. The van der Waals surface area contributed by atoms with E-state index in [-0.39, 0.29) is 17.2 Å². The van der Waals surface area contributed by atoms with Gasteiger partial charge in [0, 0.05) is 12.1 Å². The Balaban J connectivity index is 2.01. The monoisotopic (exact) mass is 262 g/mol. The molecule has 1 fully saturated rings. The first-order valence-electron chi connectivity index (χ1n) is 6.00. The Kier molecular flexibility index (Phi) is 3.79. The molecule has 1 aromatic rings. The number of rotatable bonds is 3. The zero-order chi connectivity index (χ0) is 13.8. The van der Waals surface area contributed by atoms with E-state index >= 15 is 0 Å². The fraction of sp³-hybridized carbons (Fsp3) is 0.308. The summed E-state index contributed by atoms with van der Waals surface area (Å²) in [6, 6.07) is 4.72. The van der Waals surface area contributed by atoms with E-state index in [4.69, 9.17) is 5.11 Å². The number of aromatic hydroxyl groups is 1. The Bertz CT molecular complexity index is 510. The Labute approximate surface area is 109 Å². The summed E-state index contributed by atoms with van der Waals surface area (Å²) in [4.78, 5) is 35.0. The Morgan fingerprint density at radius 1 is 1.26 bits per heavy atom. The van der Waals surface area contributed by atoms with Gasteiger partial charge in [0.1, 0.15) is 11.8 Å². The van der Waals surface area contributed by atoms with Crippen LogP contribution in [-0.4, -0.2) is 35.3 Å². The molecular weight excluding hydrogens is 248 g/mol. The second-order valence-corrected chi connectivity index (χ2v) is 4.34. The van der Waals surface area contributed by atoms with E-state index in [0.29, 0.717) is 13.0 Å². The molecule has 100 valence electrons. The molecule has 1 saturated heterocycles. The van der Waals surface area contributed by atoms with Crippen molar-refractivity contribution in [1.29, 1.82) is 0 Å². The van der Waals surface area contributed by atoms with Crippen LogP contribution < -0.4 is 10.6 Å². The standard InChI is InChI=1S/C13H14N2O4/c16-9-5-3-8(4-6-9)11(17)13(19)15-10-2-1-7-14-12(10)18/h3-6,10,16H,1-2,7H2,(H,14,18)(H,15,19). The summed E-state index contributed by atoms with van der Waals surface area (Å²) in [5, 5.41) is 14.2. The maximum atomic E-state index is 11.8. The maximum Gasteiger partial charge on any atom is 0.293 e. The van der Waals surface area contributed by atoms with Crippen LogP contribution in [0.2, 0.25) is 0 Å². The highest BCUT2D eigenvalue weighted by atomic mass is 16.3. The molecule has 1 aliphatic rings. The lowest BCUT2D eigenvalue weighted by atomic mass is 10.1. The number of piperidine rings is 1. The molecule has 0 aromatic heterocycles. The molecule has 1 aliphatic heterocycles. The van der Waals surface area contributed by atoms with Crippen LogP contribution in [-0.2, 0) is 9.59 Å². The smallest absolute Gasteiger partial charge is 0.293 e. The van der Waals surface area contributed by atoms with Gasteiger partial charge in [-0.15, -0.1) is 0 Å². The summed E-state index contributed by atoms with van der Waals surface area (Å²) in [6.07, 6.45) is 1.30. The van der Waals surface area contributed by atoms with Crippen LogP contribution in [0.15, 0.2) is 24.3 Å². The van der Waals surface area contributed by atoms with Crippen molar-refractivity contribution in [3.05, 3.63) is 29.8 Å². The van der Waals surface area contributed by atoms with Crippen molar-refractivity contribution in [3.8, 4) is 5.75 Å². The number of ketones is 1. The van der Waals surface area contributed by atoms with Crippen molar-refractivity contribution in [2.75, 3.05) is 6.54 Å². The molecule has 1 aromatic carbocycles. The lowest BCUT2D eigenvalue weighted by molar-refractivity contribution is -0.128. The average Bonchev–Trinajstić information content (AvgIpc) is 2.41. The average molecular weight is 262 g/mol. The molecule has 0 spiro atoms. The second-order valence-electron chi connectivity index (χ2n) is 4.34. The first kappa shape index (κ1) is 13.1. The number of hydrogen-bond acceptors (Lipinski definition) is 4. The maximum absolute atomic E-state index is 11.8. The molecule has 19 heavy (non-hydrogen) atoms. The minimum atomic E-state index is -0.812. The number of benzene rings is 1. The first-order valence-corrected chi connectivity index (χ1v) is 6.00. The van der Waals surface area contributed by atoms with Crippen molar-refractivity contribution in [2.24, 2.45) is 0 Å². The van der Waals surface area contributed by atoms with E-state index in [1.165, 1.54) is 24.3 Å². The summed E-state index contributed by atoms with van der Waals surface area (Å²) >= 11 is 0. The van der Waals surface area contributed by atoms with E-state index in [1.54, 1.807) is 0 Å². The van der Waals surface area contributed by atoms with Gasteiger partial charge < -0.3 is 15.7 Å². The molecular formula is C13H14N2O4. The summed E-state index contributed by atoms with van der Waals surface area (Å²) in [5.41, 5.74) is 0.173. The van der Waals surface area contributed by atoms with Crippen LogP contribution in [0.5, 0.6) is 5.75 Å². The number of carbonyl (C=O) groups is 3. The summed E-state index contributed by atoms with van der Waals surface area (Å²) in [5.74, 6) is -1.78. The fourth-order valence-corrected chi connectivity index (χ4v) is 1.88. The third-order valence-electron chi connectivity index (χ3n) is 2.93. The number of nitrogens with one attached hydrogen (secondary N) is 2. The van der Waals surface area contributed by atoms with Crippen molar-refractivity contribution in [3.63, 3.8) is 0 Å². The van der Waals surface area contributed by atoms with Crippen LogP contribution in [0.25, 0.3) is 0 Å². The molecule has 2 rings (SSSR count). The summed E-state index contributed by atoms with van der Waals surface area (Å²) in [6.45, 7) is 0.594. The SMILES string of the molecule is O=C(NC1CCCNC1=O)C(=O)c1ccc(O)cc1. The third kappa shape index (κ3) is 3.09. The normalized spacial score (nSPS) is 18.5. The topological polar surface area (TPSA) is 95.5 Å². The fourth-order valence-electron chi connectivity index (χ4n) is 1.88. The molecule has 2 amide bonds. The van der Waals surface area contributed by atoms with Crippen molar-refractivity contribution < 1.29 is 19.5 Å². The zero-order valence-electron chi connectivity index (χ0n) is 10.2. The van der Waals surface area contributed by atoms with Gasteiger partial charge in [-0.1, -0.05) is 0 Å². The molecule has 1 heterocycles. The lowest BCUT2D eigenvalue weighted by Gasteiger charge is -2.22. The number of phenols is 1. The van der Waals surface area contributed by atoms with Crippen LogP contribution in [0.3, 0.4) is 0 Å². The third-order valence-corrected chi connectivity index (χ3v) is 2.93. The highest BCUT2D eigenvalue weighted by molar-refractivity contribution is 6.43. The zero-order valence-corrected chi connectivity index (χ0v) is 10.2. The molecule has 3 N–H and O–H groups in total. The highest BCUT2D eigenvalue weighted by Crippen LogP contribution is 2.10. The highest BCUT2D eigenvalue weighted by Gasteiger charge is 2.26. The predicted octanol–water partition coefficient (Wildman–Crippen LogP) is -0.0303. The summed E-state index contributed by atoms with van der Waals surface area (Å²) < 4.78 is 0. The molecule has 6 heteroatoms. The van der Waals surface area contributed by atoms with Gasteiger partial charge in [-0.2, -0.15) is 0 Å². The van der Waals surface area contributed by atoms with Crippen molar-refractivity contribution in [1.82, 2.24) is 10.6 Å². The van der Waals surface area contributed by atoms with Gasteiger partial charge in [-0.25, -0.2) is 0 Å². The van der Waals surface area contributed by atoms with Crippen LogP contribution in [0, 0.1) is 0 Å². The first-order chi connectivity index (χ1) is 9.08. The Morgan fingerprint density at radius 2 is 1.95 bits per heavy atom. The van der Waals surface area contributed by atoms with E-state index in [0.717, 1.165) is 6.42 Å². The van der Waals surface area contributed by atoms with Gasteiger partial charge in [0.25, 0.3) is 5.91 Å². The molecule has 0 bridgehead atoms. The number of Topliss-reactive ketones (excluding diaryl/α,β-unsaturated/α-hetero) is 1. The Morgan fingerprint density at radius 3 is 2.58 bits per heavy atom. The van der Waals surface area contributed by atoms with Crippen LogP contribution >= 0.6 is 0 Å². The van der Waals surface area contributed by atoms with Crippen molar-refractivity contribution >= 4 is 17.6 Å². The molecule has 6 nitrogen and oxygen atoms in total. The summed E-state index contributed by atoms with van der Waals surface area (Å²) in [7, 11) is 0. The van der Waals surface area contributed by atoms with Crippen LogP contribution in [0.4, 0.5) is 0 Å². The van der Waals surface area contributed by atoms with E-state index in [1.807, 2.05) is 0 Å². The number of amides is 2. The van der Waals surface area contributed by atoms with Gasteiger partial charge in [-0.05, 0) is 37.1 Å². The minimum Gasteiger partial charge on any atom is -0.508 e. The number of phenolic OH excluding ortho intramolecular Hbond substituents is 1. The second kappa shape index (κ2) is 5.51. The quantitative estimate of drug-likeness (QED) is 0.526. The van der Waals surface area contributed by atoms with E-state index < -0.39 is 17.7 Å². The molecule has 0 radical (unpaired) electrons.